The van der Waals surface area contributed by atoms with E-state index in [1.54, 1.807) is 53.0 Å². The van der Waals surface area contributed by atoms with Crippen LogP contribution < -0.4 is 10.9 Å². The summed E-state index contributed by atoms with van der Waals surface area (Å²) in [5.41, 5.74) is 5.79. The van der Waals surface area contributed by atoms with E-state index in [4.69, 9.17) is 69.6 Å². The number of hydrogen-bond acceptors (Lipinski definition) is 8. The number of benzene rings is 7. The second kappa shape index (κ2) is 18.0. The van der Waals surface area contributed by atoms with Gasteiger partial charge in [-0.3, -0.25) is 9.59 Å². The summed E-state index contributed by atoms with van der Waals surface area (Å²) >= 11 is 45.1. The predicted octanol–water partition coefficient (Wildman–Crippen LogP) is 19.1. The minimum atomic E-state index is -1.36. The van der Waals surface area contributed by atoms with Crippen LogP contribution in [0.1, 0.15) is 33.7 Å². The Morgan fingerprint density at radius 1 is 0.420 bits per heavy atom. The zero-order valence-electron chi connectivity index (χ0n) is 35.8. The van der Waals surface area contributed by atoms with Crippen LogP contribution in [0, 0.1) is 13.8 Å². The van der Waals surface area contributed by atoms with Crippen LogP contribution in [0.2, 0.25) is 30.1 Å². The molecule has 0 atom stereocenters. The van der Waals surface area contributed by atoms with Gasteiger partial charge in [-0.15, -0.1) is 22.7 Å². The van der Waals surface area contributed by atoms with Gasteiger partial charge in [-0.1, -0.05) is 177 Å². The van der Waals surface area contributed by atoms with Crippen molar-refractivity contribution in [2.24, 2.45) is 0 Å². The zero-order valence-corrected chi connectivity index (χ0v) is 43.6. The fraction of sp³-hybridized carbons (Fsp3) is 0.0545. The third kappa shape index (κ3) is 7.67. The first-order chi connectivity index (χ1) is 33.2. The molecule has 0 saturated carbocycles. The first-order valence-corrected chi connectivity index (χ1v) is 26.7. The third-order valence-corrected chi connectivity index (χ3v) is 19.9. The number of aromatic hydroxyl groups is 2. The van der Waals surface area contributed by atoms with Gasteiger partial charge in [-0.05, 0) is 95.3 Å². The zero-order chi connectivity index (χ0) is 48.2. The van der Waals surface area contributed by atoms with Crippen molar-refractivity contribution < 1.29 is 10.2 Å². The maximum Gasteiger partial charge on any atom is 0.196 e. The van der Waals surface area contributed by atoms with E-state index in [9.17, 15) is 10.2 Å². The van der Waals surface area contributed by atoms with Crippen LogP contribution in [0.3, 0.4) is 0 Å². The maximum absolute atomic E-state index is 15.6. The fourth-order valence-corrected chi connectivity index (χ4v) is 15.1. The van der Waals surface area contributed by atoms with Crippen LogP contribution in [0.4, 0.5) is 0 Å². The first-order valence-electron chi connectivity index (χ1n) is 21.2. The molecule has 11 aromatic rings. The van der Waals surface area contributed by atoms with Gasteiger partial charge in [0.1, 0.15) is 0 Å². The van der Waals surface area contributed by atoms with E-state index in [1.165, 1.54) is 0 Å². The Kier molecular flexibility index (Phi) is 12.1. The van der Waals surface area contributed by atoms with Crippen molar-refractivity contribution in [1.82, 2.24) is 0 Å². The normalized spacial score (nSPS) is 11.8. The second-order valence-corrected chi connectivity index (χ2v) is 22.9. The average molecular weight is 1100 g/mol. The first kappa shape index (κ1) is 46.4. The molecule has 0 bridgehead atoms. The Morgan fingerprint density at radius 2 is 0.841 bits per heavy atom. The minimum absolute atomic E-state index is 0.0645. The molecule has 0 unspecified atom stereocenters. The van der Waals surface area contributed by atoms with Gasteiger partial charge in [-0.2, -0.15) is 0 Å². The van der Waals surface area contributed by atoms with Crippen molar-refractivity contribution in [3.63, 3.8) is 0 Å². The van der Waals surface area contributed by atoms with Crippen LogP contribution in [-0.2, 0) is 0 Å². The highest BCUT2D eigenvalue weighted by molar-refractivity contribution is 7.25. The standard InChI is InChI=1S/C55H30Cl6O4S4/c1-24-48-31(40(28-16-18-35(56)38(59)20-28)52(66-48)26-10-5-3-6-11-26)22-33-46(62)43(54(64)68-50(24)33)42(30-14-9-15-37(58)45(30)61)44-47(63)34-23-32-41(29-17-19-36(57)39(60)21-29)53(27-12-7-4-8-13-27)67-49(32)25(2)51(34)69-55(44)65/h3-23,42,64-65H,1-2H3. The summed E-state index contributed by atoms with van der Waals surface area (Å²) in [7, 11) is 0. The summed E-state index contributed by atoms with van der Waals surface area (Å²) in [6, 6.07) is 39.5. The Labute approximate surface area is 440 Å². The molecule has 340 valence electrons. The highest BCUT2D eigenvalue weighted by atomic mass is 35.5. The quantitative estimate of drug-likeness (QED) is 0.167. The maximum atomic E-state index is 15.6. The summed E-state index contributed by atoms with van der Waals surface area (Å²) in [6.45, 7) is 3.87. The van der Waals surface area contributed by atoms with Gasteiger partial charge in [-0.25, -0.2) is 0 Å². The smallest absolute Gasteiger partial charge is 0.196 e. The fourth-order valence-electron chi connectivity index (χ4n) is 9.31. The summed E-state index contributed by atoms with van der Waals surface area (Å²) < 4.78 is 2.97. The molecule has 0 aliphatic rings. The van der Waals surface area contributed by atoms with E-state index >= 15 is 9.59 Å². The van der Waals surface area contributed by atoms with Crippen molar-refractivity contribution in [1.29, 1.82) is 0 Å². The van der Waals surface area contributed by atoms with Crippen LogP contribution in [-0.4, -0.2) is 10.2 Å². The lowest BCUT2D eigenvalue weighted by molar-refractivity contribution is 0.473. The van der Waals surface area contributed by atoms with Crippen molar-refractivity contribution in [2.75, 3.05) is 0 Å². The number of rotatable bonds is 7. The van der Waals surface area contributed by atoms with E-state index in [0.29, 0.717) is 40.3 Å². The van der Waals surface area contributed by atoms with Crippen LogP contribution in [0.25, 0.3) is 83.5 Å². The molecule has 11 rings (SSSR count). The molecule has 4 nitrogen and oxygen atoms in total. The molecule has 14 heteroatoms. The molecule has 0 saturated heterocycles. The summed E-state index contributed by atoms with van der Waals surface area (Å²) in [6.07, 6.45) is 0. The molecule has 4 heterocycles. The molecule has 0 aliphatic carbocycles. The molecule has 69 heavy (non-hydrogen) atoms. The SMILES string of the molecule is Cc1c2sc(-c3ccccc3)c(-c3ccc(Cl)c(Cl)c3)c2cc2c(=O)c(C(c3cccc(Cl)c3Cl)c3c(O)sc4c(C)c5sc(-c6ccccc6)c(-c6ccc(Cl)c(Cl)c6)c5cc4c3=O)c(O)sc12. The third-order valence-electron chi connectivity index (χ3n) is 12.5. The molecule has 0 aliphatic heterocycles. The molecule has 0 amide bonds. The monoisotopic (exact) mass is 1090 g/mol. The van der Waals surface area contributed by atoms with Crippen molar-refractivity contribution in [3.05, 3.63) is 206 Å². The van der Waals surface area contributed by atoms with Crippen molar-refractivity contribution in [2.45, 2.75) is 19.8 Å². The van der Waals surface area contributed by atoms with E-state index in [0.717, 1.165) is 97.1 Å². The van der Waals surface area contributed by atoms with Crippen LogP contribution in [0.15, 0.2) is 137 Å². The Balaban J connectivity index is 1.21. The van der Waals surface area contributed by atoms with E-state index in [1.807, 2.05) is 111 Å². The lowest BCUT2D eigenvalue weighted by atomic mass is 9.85. The van der Waals surface area contributed by atoms with E-state index in [-0.39, 0.29) is 36.9 Å². The van der Waals surface area contributed by atoms with Gasteiger partial charge in [0.25, 0.3) is 0 Å². The predicted molar refractivity (Wildman–Crippen MR) is 299 cm³/mol. The molecule has 7 aromatic carbocycles. The lowest BCUT2D eigenvalue weighted by Crippen LogP contribution is -2.22. The van der Waals surface area contributed by atoms with E-state index in [2.05, 4.69) is 0 Å². The van der Waals surface area contributed by atoms with Gasteiger partial charge >= 0.3 is 0 Å². The summed E-state index contributed by atoms with van der Waals surface area (Å²) in [5, 5.41) is 28.0. The largest absolute Gasteiger partial charge is 0.499 e. The van der Waals surface area contributed by atoms with Crippen molar-refractivity contribution >= 4 is 155 Å². The molecule has 4 aromatic heterocycles. The highest BCUT2D eigenvalue weighted by Gasteiger charge is 2.34. The van der Waals surface area contributed by atoms with Crippen LogP contribution >= 0.6 is 115 Å². The summed E-state index contributed by atoms with van der Waals surface area (Å²) in [5.74, 6) is -1.36. The second-order valence-electron chi connectivity index (χ2n) is 16.5. The molecule has 0 fully saturated rings. The minimum Gasteiger partial charge on any atom is -0.499 e. The number of fused-ring (bicyclic) bond motifs is 4. The Morgan fingerprint density at radius 3 is 1.26 bits per heavy atom. The van der Waals surface area contributed by atoms with Gasteiger partial charge < -0.3 is 10.2 Å². The molecular formula is C55H30Cl6O4S4. The molecule has 2 N–H and O–H groups in total. The van der Waals surface area contributed by atoms with E-state index < -0.39 is 16.8 Å². The summed E-state index contributed by atoms with van der Waals surface area (Å²) in [4.78, 5) is 33.1. The van der Waals surface area contributed by atoms with Crippen molar-refractivity contribution in [3.8, 4) is 53.3 Å². The molecular weight excluding hydrogens is 1070 g/mol. The number of hydrogen-bond donors (Lipinski definition) is 2. The lowest BCUT2D eigenvalue weighted by Gasteiger charge is -2.22. The van der Waals surface area contributed by atoms with Gasteiger partial charge in [0, 0.05) is 61.2 Å². The number of thiophene rings is 2. The highest BCUT2D eigenvalue weighted by Crippen LogP contribution is 2.53. The topological polar surface area (TPSA) is 74.6 Å². The van der Waals surface area contributed by atoms with Gasteiger partial charge in [0.2, 0.25) is 0 Å². The Hall–Kier alpha value is -4.94. The molecule has 0 spiro atoms. The van der Waals surface area contributed by atoms with Gasteiger partial charge in [0.15, 0.2) is 21.0 Å². The Bertz CT molecular complexity index is 3850. The number of aryl methyl sites for hydroxylation is 2. The van der Waals surface area contributed by atoms with Crippen LogP contribution in [0.5, 0.6) is 10.1 Å². The number of halogens is 6. The molecule has 0 radical (unpaired) electrons. The van der Waals surface area contributed by atoms with Gasteiger partial charge in [0.05, 0.1) is 47.2 Å². The average Bonchev–Trinajstić information content (AvgIpc) is 3.93.